The molecule has 5 N–H and O–H groups in total. The first-order valence-electron chi connectivity index (χ1n) is 19.4. The molecule has 1 saturated carbocycles. The van der Waals surface area contributed by atoms with Gasteiger partial charge in [-0.2, -0.15) is 0 Å². The minimum Gasteiger partial charge on any atom is -0.506 e. The van der Waals surface area contributed by atoms with Crippen LogP contribution in [0.1, 0.15) is 74.7 Å². The summed E-state index contributed by atoms with van der Waals surface area (Å²) < 4.78 is 14.0. The van der Waals surface area contributed by atoms with Crippen molar-refractivity contribution in [2.24, 2.45) is 11.8 Å². The van der Waals surface area contributed by atoms with Gasteiger partial charge < -0.3 is 39.6 Å². The number of phenolic OH excluding ortho intramolecular Hbond substituents is 1. The number of H-pyrrole nitrogens is 1. The van der Waals surface area contributed by atoms with Crippen molar-refractivity contribution in [3.63, 3.8) is 0 Å². The molecule has 0 unspecified atom stereocenters. The lowest BCUT2D eigenvalue weighted by molar-refractivity contribution is -0.946. The Morgan fingerprint density at radius 3 is 2.46 bits per heavy atom. The third-order valence-corrected chi connectivity index (χ3v) is 12.3. The van der Waals surface area contributed by atoms with Crippen molar-refractivity contribution >= 4 is 10.9 Å². The van der Waals surface area contributed by atoms with Crippen LogP contribution >= 0.6 is 0 Å². The molecule has 278 valence electrons. The Morgan fingerprint density at radius 2 is 1.71 bits per heavy atom. The van der Waals surface area contributed by atoms with Crippen LogP contribution in [0.4, 0.5) is 0 Å². The van der Waals surface area contributed by atoms with Gasteiger partial charge in [0.05, 0.1) is 44.5 Å². The molecule has 1 aliphatic carbocycles. The van der Waals surface area contributed by atoms with Gasteiger partial charge in [0.1, 0.15) is 29.7 Å². The van der Waals surface area contributed by atoms with E-state index in [0.717, 1.165) is 54.6 Å². The van der Waals surface area contributed by atoms with E-state index in [1.165, 1.54) is 56.5 Å². The molecule has 2 bridgehead atoms. The van der Waals surface area contributed by atoms with E-state index in [1.807, 2.05) is 30.3 Å². The van der Waals surface area contributed by atoms with Crippen molar-refractivity contribution in [3.05, 3.63) is 106 Å². The lowest BCUT2D eigenvalue weighted by Crippen LogP contribution is -2.65. The number of rotatable bonds is 16. The van der Waals surface area contributed by atoms with Crippen molar-refractivity contribution in [1.29, 1.82) is 0 Å². The van der Waals surface area contributed by atoms with Gasteiger partial charge in [0.25, 0.3) is 0 Å². The molecule has 52 heavy (non-hydrogen) atoms. The molecule has 4 aromatic rings. The summed E-state index contributed by atoms with van der Waals surface area (Å²) in [7, 11) is 0. The second-order valence-electron chi connectivity index (χ2n) is 15.8. The largest absolute Gasteiger partial charge is 0.506 e. The maximum atomic E-state index is 12.0. The molecule has 0 amide bonds. The molecule has 9 nitrogen and oxygen atoms in total. The Labute approximate surface area is 307 Å². The number of aromatic amines is 1. The molecule has 4 aliphatic rings. The summed E-state index contributed by atoms with van der Waals surface area (Å²) in [5.74, 6) is 1.71. The zero-order chi connectivity index (χ0) is 36.1. The Morgan fingerprint density at radius 1 is 0.962 bits per heavy atom. The minimum absolute atomic E-state index is 0.0180. The number of nitrogens with one attached hydrogen (secondary N) is 2. The van der Waals surface area contributed by atoms with Gasteiger partial charge in [-0.05, 0) is 73.1 Å². The predicted octanol–water partition coefficient (Wildman–Crippen LogP) is 5.96. The number of aromatic hydroxyl groups is 1. The molecular formula is C43H56N3O6+. The fourth-order valence-corrected chi connectivity index (χ4v) is 9.24. The van der Waals surface area contributed by atoms with Gasteiger partial charge in [0.15, 0.2) is 0 Å². The summed E-state index contributed by atoms with van der Waals surface area (Å²) in [6.07, 6.45) is 8.10. The quantitative estimate of drug-likeness (QED) is 0.0719. The highest BCUT2D eigenvalue weighted by Gasteiger charge is 2.48. The highest BCUT2D eigenvalue weighted by molar-refractivity contribution is 5.87. The van der Waals surface area contributed by atoms with Gasteiger partial charge in [-0.1, -0.05) is 61.4 Å². The van der Waals surface area contributed by atoms with Crippen LogP contribution in [0.5, 0.6) is 11.5 Å². The minimum atomic E-state index is -0.913. The van der Waals surface area contributed by atoms with Crippen molar-refractivity contribution in [1.82, 2.24) is 10.3 Å². The van der Waals surface area contributed by atoms with Crippen LogP contribution in [0.3, 0.4) is 0 Å². The van der Waals surface area contributed by atoms with Crippen LogP contribution in [0, 0.1) is 11.8 Å². The Bertz CT molecular complexity index is 1820. The number of pyridine rings is 1. The zero-order valence-electron chi connectivity index (χ0n) is 30.5. The monoisotopic (exact) mass is 710 g/mol. The molecule has 4 heterocycles. The van der Waals surface area contributed by atoms with Crippen LogP contribution in [-0.2, 0) is 16.8 Å². The van der Waals surface area contributed by atoms with Crippen LogP contribution in [0.2, 0.25) is 0 Å². The number of phenols is 1. The van der Waals surface area contributed by atoms with E-state index in [2.05, 4.69) is 41.5 Å². The summed E-state index contributed by atoms with van der Waals surface area (Å²) in [4.78, 5) is 14.4. The molecule has 1 aromatic heterocycles. The van der Waals surface area contributed by atoms with Gasteiger partial charge in [-0.3, -0.25) is 4.79 Å². The number of aliphatic hydroxyl groups excluding tert-OH is 1. The standard InChI is InChI=1S/C43H55N3O6/c1-30(44-27-39(48)36-16-18-38(47)42-37(36)17-19-41(49)45-42)26-31-12-14-35(15-13-31)51-25-7-22-46-23-20-32(21-24-46)40(28-46)52-29-43(50,34-10-5-6-11-34)33-8-3-2-4-9-33/h2-4,8-9,12-19,30,32,34,39-40,44,48,50H,5-7,10-11,20-29H2,1H3,(H-,45,47,49)/p+1/t30-,32?,39-,40-,43+,46?/m0/s1. The SMILES string of the molecule is C[C@@H](Cc1ccc(OCCC[N+]23CCC(CC2)[C@@H](OC[C@@](O)(c2ccccc2)C2CCCC2)C3)cc1)NC[C@H](O)c1ccc(O)c2[nH]c(=O)ccc12. The molecule has 9 heteroatoms. The lowest BCUT2D eigenvalue weighted by atomic mass is 9.80. The number of hydrogen-bond donors (Lipinski definition) is 5. The number of fused-ring (bicyclic) bond motifs is 4. The van der Waals surface area contributed by atoms with Crippen LogP contribution in [0.25, 0.3) is 10.9 Å². The average Bonchev–Trinajstić information content (AvgIpc) is 3.73. The first-order chi connectivity index (χ1) is 25.2. The normalized spacial score (nSPS) is 24.1. The molecule has 4 atom stereocenters. The Hall–Kier alpha value is -3.73. The van der Waals surface area contributed by atoms with E-state index >= 15 is 0 Å². The summed E-state index contributed by atoms with van der Waals surface area (Å²) >= 11 is 0. The summed E-state index contributed by atoms with van der Waals surface area (Å²) in [6, 6.07) is 24.9. The highest BCUT2D eigenvalue weighted by Crippen LogP contribution is 2.43. The molecule has 0 radical (unpaired) electrons. The van der Waals surface area contributed by atoms with E-state index in [1.54, 1.807) is 12.1 Å². The van der Waals surface area contributed by atoms with Crippen molar-refractivity contribution in [3.8, 4) is 11.5 Å². The number of benzene rings is 3. The van der Waals surface area contributed by atoms with Crippen molar-refractivity contribution < 1.29 is 29.3 Å². The molecule has 4 fully saturated rings. The predicted molar refractivity (Wildman–Crippen MR) is 203 cm³/mol. The molecule has 3 aromatic carbocycles. The maximum Gasteiger partial charge on any atom is 0.248 e. The van der Waals surface area contributed by atoms with E-state index < -0.39 is 11.7 Å². The Balaban J connectivity index is 0.852. The Kier molecular flexibility index (Phi) is 11.3. The van der Waals surface area contributed by atoms with Crippen LogP contribution < -0.4 is 15.6 Å². The third-order valence-electron chi connectivity index (χ3n) is 12.3. The number of quaternary nitrogens is 1. The number of aliphatic hydroxyl groups is 2. The van der Waals surface area contributed by atoms with Crippen molar-refractivity contribution in [2.45, 2.75) is 82.1 Å². The smallest absolute Gasteiger partial charge is 0.248 e. The lowest BCUT2D eigenvalue weighted by Gasteiger charge is -2.53. The molecular weight excluding hydrogens is 654 g/mol. The number of piperidine rings is 3. The fraction of sp³-hybridized carbons (Fsp3) is 0.512. The second-order valence-corrected chi connectivity index (χ2v) is 15.8. The third kappa shape index (κ3) is 8.24. The highest BCUT2D eigenvalue weighted by atomic mass is 16.5. The van der Waals surface area contributed by atoms with E-state index in [9.17, 15) is 20.1 Å². The average molecular weight is 711 g/mol. The topological polar surface area (TPSA) is 124 Å². The maximum absolute atomic E-state index is 12.0. The van der Waals surface area contributed by atoms with E-state index in [0.29, 0.717) is 42.1 Å². The molecule has 0 spiro atoms. The van der Waals surface area contributed by atoms with E-state index in [-0.39, 0.29) is 29.4 Å². The second kappa shape index (κ2) is 16.1. The number of nitrogens with zero attached hydrogens (tertiary/aromatic N) is 1. The first-order valence-corrected chi connectivity index (χ1v) is 19.4. The number of aromatic nitrogens is 1. The van der Waals surface area contributed by atoms with Gasteiger partial charge in [-0.25, -0.2) is 0 Å². The van der Waals surface area contributed by atoms with Gasteiger partial charge in [-0.15, -0.1) is 0 Å². The number of hydrogen-bond acceptors (Lipinski definition) is 7. The molecule has 3 aliphatic heterocycles. The van der Waals surface area contributed by atoms with Crippen molar-refractivity contribution in [2.75, 3.05) is 45.9 Å². The summed E-state index contributed by atoms with van der Waals surface area (Å²) in [5, 5.41) is 37.2. The van der Waals surface area contributed by atoms with Crippen LogP contribution in [-0.4, -0.2) is 82.9 Å². The van der Waals surface area contributed by atoms with Crippen LogP contribution in [0.15, 0.2) is 83.7 Å². The van der Waals surface area contributed by atoms with Gasteiger partial charge in [0.2, 0.25) is 5.56 Å². The first kappa shape index (κ1) is 36.6. The molecule has 3 saturated heterocycles. The number of ether oxygens (including phenoxy) is 2. The van der Waals surface area contributed by atoms with Gasteiger partial charge in [0, 0.05) is 49.2 Å². The zero-order valence-corrected chi connectivity index (χ0v) is 30.5. The molecule has 8 rings (SSSR count). The fourth-order valence-electron chi connectivity index (χ4n) is 9.24. The van der Waals surface area contributed by atoms with Gasteiger partial charge >= 0.3 is 0 Å². The summed E-state index contributed by atoms with van der Waals surface area (Å²) in [6.45, 7) is 8.04. The van der Waals surface area contributed by atoms with E-state index in [4.69, 9.17) is 9.47 Å². The summed E-state index contributed by atoms with van der Waals surface area (Å²) in [5.41, 5.74) is 1.96.